The van der Waals surface area contributed by atoms with Gasteiger partial charge in [-0.15, -0.1) is 0 Å². The zero-order valence-electron chi connectivity index (χ0n) is 18.1. The minimum atomic E-state index is -0.568. The van der Waals surface area contributed by atoms with Gasteiger partial charge in [0.05, 0.1) is 17.7 Å². The zero-order valence-corrected chi connectivity index (χ0v) is 19.7. The summed E-state index contributed by atoms with van der Waals surface area (Å²) in [5.74, 6) is -0.991. The van der Waals surface area contributed by atoms with Gasteiger partial charge in [0.2, 0.25) is 0 Å². The van der Waals surface area contributed by atoms with Crippen molar-refractivity contribution in [3.8, 4) is 0 Å². The van der Waals surface area contributed by atoms with Gasteiger partial charge in [0.15, 0.2) is 16.3 Å². The molecule has 0 spiro atoms. The molecule has 0 aliphatic rings. The lowest BCUT2D eigenvalue weighted by Gasteiger charge is -2.13. The van der Waals surface area contributed by atoms with Crippen LogP contribution in [0.2, 0.25) is 0 Å². The fourth-order valence-corrected chi connectivity index (χ4v) is 3.65. The third-order valence-corrected chi connectivity index (χ3v) is 5.47. The van der Waals surface area contributed by atoms with Crippen molar-refractivity contribution in [1.82, 2.24) is 0 Å². The van der Waals surface area contributed by atoms with Crippen molar-refractivity contribution in [2.45, 2.75) is 97.3 Å². The average Bonchev–Trinajstić information content (AvgIpc) is 2.74. The van der Waals surface area contributed by atoms with Crippen LogP contribution < -0.4 is 0 Å². The molecule has 1 aromatic carbocycles. The number of rotatable bonds is 16. The summed E-state index contributed by atoms with van der Waals surface area (Å²) in [6.07, 6.45) is 14.6. The van der Waals surface area contributed by atoms with Crippen LogP contribution in [0.1, 0.15) is 117 Å². The van der Waals surface area contributed by atoms with Crippen molar-refractivity contribution in [3.05, 3.63) is 34.9 Å². The van der Waals surface area contributed by atoms with Crippen LogP contribution in [0.3, 0.4) is 0 Å². The molecule has 0 aromatic heterocycles. The fraction of sp³-hybridized carbons (Fsp3) is 0.667. The van der Waals surface area contributed by atoms with Crippen molar-refractivity contribution in [2.75, 3.05) is 6.61 Å². The number of unbranched alkanes of at least 4 members (excludes halogenated alkanes) is 10. The highest BCUT2D eigenvalue weighted by Crippen LogP contribution is 2.21. The Balaban J connectivity index is 2.67. The van der Waals surface area contributed by atoms with E-state index in [-0.39, 0.29) is 5.56 Å². The lowest BCUT2D eigenvalue weighted by molar-refractivity contribution is 0.0489. The van der Waals surface area contributed by atoms with E-state index in [1.165, 1.54) is 51.4 Å². The van der Waals surface area contributed by atoms with E-state index in [2.05, 4.69) is 30.1 Å². The number of ether oxygens (including phenoxy) is 1. The highest BCUT2D eigenvalue weighted by molar-refractivity contribution is 9.06. The molecule has 0 heterocycles. The minimum Gasteiger partial charge on any atom is -0.462 e. The van der Waals surface area contributed by atoms with Crippen molar-refractivity contribution in [3.63, 3.8) is 0 Å². The Bertz CT molecular complexity index is 601. The summed E-state index contributed by atoms with van der Waals surface area (Å²) >= 11 is 2.74. The minimum absolute atomic E-state index is 0.262. The van der Waals surface area contributed by atoms with Gasteiger partial charge in [-0.25, -0.2) is 9.59 Å². The van der Waals surface area contributed by atoms with Crippen LogP contribution in [0.4, 0.5) is 0 Å². The highest BCUT2D eigenvalue weighted by Gasteiger charge is 2.22. The van der Waals surface area contributed by atoms with E-state index in [4.69, 9.17) is 8.57 Å². The van der Waals surface area contributed by atoms with Gasteiger partial charge in [-0.2, -0.15) is 0 Å². The predicted molar refractivity (Wildman–Crippen MR) is 122 cm³/mol. The molecule has 1 rings (SSSR count). The quantitative estimate of drug-likeness (QED) is 0.185. The molecule has 0 unspecified atom stereocenters. The molecule has 0 saturated heterocycles. The molecule has 0 fully saturated rings. The maximum atomic E-state index is 12.8. The summed E-state index contributed by atoms with van der Waals surface area (Å²) in [6.45, 7) is 4.79. The highest BCUT2D eigenvalue weighted by atomic mass is 79.9. The number of esters is 1. The topological polar surface area (TPSA) is 52.6 Å². The first-order valence-electron chi connectivity index (χ1n) is 11.3. The van der Waals surface area contributed by atoms with E-state index < -0.39 is 11.9 Å². The number of carbonyl (C=O) groups excluding carboxylic acids is 2. The summed E-state index contributed by atoms with van der Waals surface area (Å²) in [4.78, 5) is 24.9. The van der Waals surface area contributed by atoms with Crippen molar-refractivity contribution >= 4 is 28.2 Å². The molecular formula is C24H37BrO4. The van der Waals surface area contributed by atoms with Gasteiger partial charge >= 0.3 is 11.9 Å². The molecule has 0 N–H and O–H groups in total. The zero-order chi connectivity index (χ0) is 21.3. The van der Waals surface area contributed by atoms with Gasteiger partial charge in [-0.1, -0.05) is 90.2 Å². The second kappa shape index (κ2) is 16.4. The molecule has 4 nitrogen and oxygen atoms in total. The Hall–Kier alpha value is -1.36. The van der Waals surface area contributed by atoms with Gasteiger partial charge in [0.1, 0.15) is 0 Å². The standard InChI is InChI=1S/C24H37BrO4/c1-3-5-7-9-11-13-16-20-17-15-18-21(23(26)29-25)22(20)24(27)28-19-14-12-10-8-6-4-2/h15,17-18H,3-14,16,19H2,1-2H3. The van der Waals surface area contributed by atoms with Crippen LogP contribution in [0.5, 0.6) is 0 Å². The lowest BCUT2D eigenvalue weighted by Crippen LogP contribution is -2.15. The number of benzene rings is 1. The Labute approximate surface area is 185 Å². The molecule has 164 valence electrons. The summed E-state index contributed by atoms with van der Waals surface area (Å²) in [5, 5.41) is 0. The van der Waals surface area contributed by atoms with Gasteiger partial charge in [0, 0.05) is 0 Å². The molecule has 0 bridgehead atoms. The monoisotopic (exact) mass is 468 g/mol. The summed E-state index contributed by atoms with van der Waals surface area (Å²) in [5.41, 5.74) is 1.48. The average molecular weight is 469 g/mol. The molecule has 0 aliphatic heterocycles. The van der Waals surface area contributed by atoms with Crippen molar-refractivity contribution < 1.29 is 18.2 Å². The molecular weight excluding hydrogens is 432 g/mol. The van der Waals surface area contributed by atoms with E-state index in [1.807, 2.05) is 6.07 Å². The summed E-state index contributed by atoms with van der Waals surface area (Å²) < 4.78 is 10.2. The number of hydrogen-bond acceptors (Lipinski definition) is 4. The van der Waals surface area contributed by atoms with Crippen LogP contribution in [0.25, 0.3) is 0 Å². The molecule has 1 aromatic rings. The Morgan fingerprint density at radius 1 is 0.793 bits per heavy atom. The third-order valence-electron chi connectivity index (χ3n) is 5.18. The maximum Gasteiger partial charge on any atom is 0.350 e. The SMILES string of the molecule is CCCCCCCCOC(=O)c1c(CCCCCCCC)cccc1C(=O)OBr. The maximum absolute atomic E-state index is 12.8. The first-order valence-corrected chi connectivity index (χ1v) is 11.9. The van der Waals surface area contributed by atoms with Crippen LogP contribution >= 0.6 is 16.3 Å². The first kappa shape index (κ1) is 25.7. The molecule has 0 radical (unpaired) electrons. The Morgan fingerprint density at radius 2 is 1.38 bits per heavy atom. The van der Waals surface area contributed by atoms with Gasteiger partial charge in [-0.05, 0) is 30.9 Å². The van der Waals surface area contributed by atoms with Crippen LogP contribution in [-0.2, 0) is 15.0 Å². The second-order valence-corrected chi connectivity index (χ2v) is 7.95. The fourth-order valence-electron chi connectivity index (χ4n) is 3.48. The van der Waals surface area contributed by atoms with Crippen LogP contribution in [0, 0.1) is 0 Å². The number of aryl methyl sites for hydroxylation is 1. The molecule has 0 saturated carbocycles. The van der Waals surface area contributed by atoms with E-state index in [0.29, 0.717) is 12.2 Å². The molecule has 29 heavy (non-hydrogen) atoms. The van der Waals surface area contributed by atoms with E-state index in [1.54, 1.807) is 12.1 Å². The number of halogens is 1. The van der Waals surface area contributed by atoms with Gasteiger partial charge in [0.25, 0.3) is 0 Å². The van der Waals surface area contributed by atoms with Gasteiger partial charge < -0.3 is 8.57 Å². The van der Waals surface area contributed by atoms with E-state index in [0.717, 1.165) is 37.7 Å². The first-order chi connectivity index (χ1) is 14.2. The van der Waals surface area contributed by atoms with Crippen molar-refractivity contribution in [2.24, 2.45) is 0 Å². The predicted octanol–water partition coefficient (Wildman–Crippen LogP) is 7.57. The van der Waals surface area contributed by atoms with Crippen LogP contribution in [0.15, 0.2) is 18.2 Å². The summed E-state index contributed by atoms with van der Waals surface area (Å²) in [7, 11) is 0. The second-order valence-electron chi connectivity index (χ2n) is 7.63. The largest absolute Gasteiger partial charge is 0.462 e. The molecule has 0 aliphatic carbocycles. The Kier molecular flexibility index (Phi) is 14.6. The van der Waals surface area contributed by atoms with Crippen LogP contribution in [-0.4, -0.2) is 18.5 Å². The molecule has 0 atom stereocenters. The van der Waals surface area contributed by atoms with Crippen molar-refractivity contribution in [1.29, 1.82) is 0 Å². The molecule has 5 heteroatoms. The smallest absolute Gasteiger partial charge is 0.350 e. The number of carbonyl (C=O) groups is 2. The Morgan fingerprint density at radius 3 is 2.00 bits per heavy atom. The normalized spacial score (nSPS) is 10.7. The van der Waals surface area contributed by atoms with E-state index >= 15 is 0 Å². The lowest BCUT2D eigenvalue weighted by atomic mass is 9.96. The number of hydrogen-bond donors (Lipinski definition) is 0. The molecule has 0 amide bonds. The van der Waals surface area contributed by atoms with Gasteiger partial charge in [-0.3, -0.25) is 0 Å². The summed E-state index contributed by atoms with van der Waals surface area (Å²) in [6, 6.07) is 5.34. The third kappa shape index (κ3) is 10.3. The van der Waals surface area contributed by atoms with E-state index in [9.17, 15) is 9.59 Å².